The molecule has 2 N–H and O–H groups in total. The zero-order valence-electron chi connectivity index (χ0n) is 12.9. The van der Waals surface area contributed by atoms with Crippen LogP contribution in [-0.2, 0) is 12.8 Å². The molecule has 0 bridgehead atoms. The monoisotopic (exact) mass is 273 g/mol. The van der Waals surface area contributed by atoms with Crippen molar-refractivity contribution in [3.63, 3.8) is 0 Å². The van der Waals surface area contributed by atoms with Gasteiger partial charge in [0.25, 0.3) is 0 Å². The van der Waals surface area contributed by atoms with E-state index >= 15 is 0 Å². The fourth-order valence-corrected chi connectivity index (χ4v) is 3.87. The predicted molar refractivity (Wildman–Crippen MR) is 82.6 cm³/mol. The molecule has 3 nitrogen and oxygen atoms in total. The zero-order chi connectivity index (χ0) is 14.1. The summed E-state index contributed by atoms with van der Waals surface area (Å²) >= 11 is 0. The lowest BCUT2D eigenvalue weighted by Gasteiger charge is -2.30. The molecule has 0 saturated heterocycles. The van der Waals surface area contributed by atoms with Crippen molar-refractivity contribution in [2.75, 3.05) is 5.73 Å². The van der Waals surface area contributed by atoms with Gasteiger partial charge in [-0.05, 0) is 63.2 Å². The smallest absolute Gasteiger partial charge is 0.134 e. The minimum atomic E-state index is 0.541. The Morgan fingerprint density at radius 2 is 1.70 bits per heavy atom. The van der Waals surface area contributed by atoms with E-state index in [9.17, 15) is 0 Å². The Morgan fingerprint density at radius 3 is 2.40 bits per heavy atom. The summed E-state index contributed by atoms with van der Waals surface area (Å²) in [6.07, 6.45) is 9.77. The molecular weight excluding hydrogens is 246 g/mol. The first-order chi connectivity index (χ1) is 9.65. The number of anilines is 1. The first-order valence-electron chi connectivity index (χ1n) is 8.30. The van der Waals surface area contributed by atoms with E-state index in [1.54, 1.807) is 0 Å². The summed E-state index contributed by atoms with van der Waals surface area (Å²) in [5, 5.41) is 0. The minimum Gasteiger partial charge on any atom is -0.383 e. The van der Waals surface area contributed by atoms with E-state index in [0.29, 0.717) is 5.92 Å². The van der Waals surface area contributed by atoms with Crippen molar-refractivity contribution in [3.05, 3.63) is 17.1 Å². The summed E-state index contributed by atoms with van der Waals surface area (Å²) in [5.41, 5.74) is 8.65. The Labute approximate surface area is 122 Å². The molecule has 110 valence electrons. The number of nitrogens with zero attached hydrogens (tertiary/aromatic N) is 2. The lowest BCUT2D eigenvalue weighted by molar-refractivity contribution is 0.254. The van der Waals surface area contributed by atoms with Gasteiger partial charge in [-0.15, -0.1) is 0 Å². The molecule has 3 heteroatoms. The first-order valence-corrected chi connectivity index (χ1v) is 8.30. The number of hydrogen-bond acceptors (Lipinski definition) is 3. The number of nitrogen functional groups attached to an aromatic ring is 1. The van der Waals surface area contributed by atoms with Crippen molar-refractivity contribution in [1.29, 1.82) is 0 Å². The maximum atomic E-state index is 6.17. The summed E-state index contributed by atoms with van der Waals surface area (Å²) < 4.78 is 0. The van der Waals surface area contributed by atoms with Crippen LogP contribution in [0.1, 0.15) is 75.4 Å². The van der Waals surface area contributed by atoms with Gasteiger partial charge in [-0.3, -0.25) is 0 Å². The third kappa shape index (κ3) is 2.68. The maximum Gasteiger partial charge on any atom is 0.134 e. The third-order valence-electron chi connectivity index (χ3n) is 5.31. The van der Waals surface area contributed by atoms with Gasteiger partial charge in [-0.25, -0.2) is 9.97 Å². The topological polar surface area (TPSA) is 51.8 Å². The highest BCUT2D eigenvalue weighted by Crippen LogP contribution is 2.38. The van der Waals surface area contributed by atoms with Gasteiger partial charge in [0.1, 0.15) is 11.6 Å². The third-order valence-corrected chi connectivity index (χ3v) is 5.31. The lowest BCUT2D eigenvalue weighted by atomic mass is 9.76. The summed E-state index contributed by atoms with van der Waals surface area (Å²) in [7, 11) is 0. The molecule has 0 radical (unpaired) electrons. The van der Waals surface area contributed by atoms with Gasteiger partial charge in [-0.1, -0.05) is 13.8 Å². The molecular formula is C17H27N3. The molecule has 1 aromatic heterocycles. The molecule has 0 aliphatic heterocycles. The SMILES string of the molecule is CC(C)C1CCC(c2nc(N)c3c(n2)CCCC3)CC1. The predicted octanol–water partition coefficient (Wildman–Crippen LogP) is 3.87. The molecule has 2 aliphatic carbocycles. The van der Waals surface area contributed by atoms with Crippen molar-refractivity contribution >= 4 is 5.82 Å². The van der Waals surface area contributed by atoms with Crippen molar-refractivity contribution in [2.45, 2.75) is 71.1 Å². The van der Waals surface area contributed by atoms with Gasteiger partial charge >= 0.3 is 0 Å². The van der Waals surface area contributed by atoms with Crippen molar-refractivity contribution < 1.29 is 0 Å². The van der Waals surface area contributed by atoms with Crippen LogP contribution in [-0.4, -0.2) is 9.97 Å². The van der Waals surface area contributed by atoms with Crippen LogP contribution in [0.5, 0.6) is 0 Å². The summed E-state index contributed by atoms with van der Waals surface area (Å²) in [6.45, 7) is 4.69. The van der Waals surface area contributed by atoms with Crippen molar-refractivity contribution in [2.24, 2.45) is 11.8 Å². The van der Waals surface area contributed by atoms with Gasteiger partial charge in [0.15, 0.2) is 0 Å². The van der Waals surface area contributed by atoms with Crippen LogP contribution in [0, 0.1) is 11.8 Å². The van der Waals surface area contributed by atoms with E-state index in [1.807, 2.05) is 0 Å². The standard InChI is InChI=1S/C17H27N3/c1-11(2)12-7-9-13(10-8-12)17-19-15-6-4-3-5-14(15)16(18)20-17/h11-13H,3-10H2,1-2H3,(H2,18,19,20). The fourth-order valence-electron chi connectivity index (χ4n) is 3.87. The Morgan fingerprint density at radius 1 is 1.00 bits per heavy atom. The van der Waals surface area contributed by atoms with Gasteiger partial charge in [0.2, 0.25) is 0 Å². The van der Waals surface area contributed by atoms with Gasteiger partial charge in [-0.2, -0.15) is 0 Å². The number of aromatic nitrogens is 2. The molecule has 1 aromatic rings. The number of hydrogen-bond donors (Lipinski definition) is 1. The molecule has 0 atom stereocenters. The molecule has 0 amide bonds. The molecule has 20 heavy (non-hydrogen) atoms. The second kappa shape index (κ2) is 5.71. The van der Waals surface area contributed by atoms with E-state index in [1.165, 1.54) is 49.8 Å². The molecule has 3 rings (SSSR count). The zero-order valence-corrected chi connectivity index (χ0v) is 12.9. The molecule has 1 heterocycles. The quantitative estimate of drug-likeness (QED) is 0.890. The van der Waals surface area contributed by atoms with E-state index in [0.717, 1.165) is 36.3 Å². The van der Waals surface area contributed by atoms with Crippen LogP contribution in [0.2, 0.25) is 0 Å². The summed E-state index contributed by atoms with van der Waals surface area (Å²) in [4.78, 5) is 9.52. The van der Waals surface area contributed by atoms with E-state index in [-0.39, 0.29) is 0 Å². The Balaban J connectivity index is 1.76. The van der Waals surface area contributed by atoms with Gasteiger partial charge in [0.05, 0.1) is 0 Å². The lowest BCUT2D eigenvalue weighted by Crippen LogP contribution is -2.21. The molecule has 0 aromatic carbocycles. The van der Waals surface area contributed by atoms with Crippen molar-refractivity contribution in [3.8, 4) is 0 Å². The van der Waals surface area contributed by atoms with Gasteiger partial charge < -0.3 is 5.73 Å². The number of nitrogens with two attached hydrogens (primary N) is 1. The highest BCUT2D eigenvalue weighted by Gasteiger charge is 2.27. The molecule has 0 unspecified atom stereocenters. The average molecular weight is 273 g/mol. The minimum absolute atomic E-state index is 0.541. The summed E-state index contributed by atoms with van der Waals surface area (Å²) in [6, 6.07) is 0. The van der Waals surface area contributed by atoms with Crippen LogP contribution in [0.15, 0.2) is 0 Å². The van der Waals surface area contributed by atoms with Crippen LogP contribution in [0.4, 0.5) is 5.82 Å². The number of fused-ring (bicyclic) bond motifs is 1. The van der Waals surface area contributed by atoms with Crippen LogP contribution >= 0.6 is 0 Å². The highest BCUT2D eigenvalue weighted by molar-refractivity contribution is 5.43. The largest absolute Gasteiger partial charge is 0.383 e. The van der Waals surface area contributed by atoms with E-state index < -0.39 is 0 Å². The van der Waals surface area contributed by atoms with E-state index in [4.69, 9.17) is 10.7 Å². The van der Waals surface area contributed by atoms with Crippen LogP contribution < -0.4 is 5.73 Å². The maximum absolute atomic E-state index is 6.17. The highest BCUT2D eigenvalue weighted by atomic mass is 15.0. The summed E-state index contributed by atoms with van der Waals surface area (Å²) in [5.74, 6) is 4.03. The average Bonchev–Trinajstić information content (AvgIpc) is 2.47. The molecule has 0 spiro atoms. The second-order valence-electron chi connectivity index (χ2n) is 6.96. The fraction of sp³-hybridized carbons (Fsp3) is 0.765. The molecule has 1 saturated carbocycles. The van der Waals surface area contributed by atoms with Crippen molar-refractivity contribution in [1.82, 2.24) is 9.97 Å². The van der Waals surface area contributed by atoms with Crippen LogP contribution in [0.25, 0.3) is 0 Å². The Kier molecular flexibility index (Phi) is 3.95. The van der Waals surface area contributed by atoms with Gasteiger partial charge in [0, 0.05) is 17.2 Å². The second-order valence-corrected chi connectivity index (χ2v) is 6.96. The molecule has 2 aliphatic rings. The number of aryl methyl sites for hydroxylation is 1. The van der Waals surface area contributed by atoms with E-state index in [2.05, 4.69) is 18.8 Å². The number of rotatable bonds is 2. The Bertz CT molecular complexity index is 473. The molecule has 1 fully saturated rings. The normalized spacial score (nSPS) is 26.6. The van der Waals surface area contributed by atoms with Crippen LogP contribution in [0.3, 0.4) is 0 Å². The Hall–Kier alpha value is -1.12. The first kappa shape index (κ1) is 13.8.